The van der Waals surface area contributed by atoms with Crippen LogP contribution < -0.4 is 10.6 Å². The average Bonchev–Trinajstić information content (AvgIpc) is 3.06. The second kappa shape index (κ2) is 6.87. The van der Waals surface area contributed by atoms with Gasteiger partial charge in [0.1, 0.15) is 5.82 Å². The lowest BCUT2D eigenvalue weighted by molar-refractivity contribution is -0.118. The molecule has 0 radical (unpaired) electrons. The molecule has 1 aliphatic carbocycles. The normalized spacial score (nSPS) is 21.6. The van der Waals surface area contributed by atoms with Crippen LogP contribution in [0.2, 0.25) is 0 Å². The van der Waals surface area contributed by atoms with Gasteiger partial charge in [0.25, 0.3) is 0 Å². The zero-order valence-electron chi connectivity index (χ0n) is 15.6. The van der Waals surface area contributed by atoms with Crippen LogP contribution in [0.3, 0.4) is 0 Å². The zero-order chi connectivity index (χ0) is 20.1. The number of nitrogens with two attached hydrogens (primary N) is 1. The number of thiophene rings is 1. The summed E-state index contributed by atoms with van der Waals surface area (Å²) < 4.78 is 0.934. The lowest BCUT2D eigenvalue weighted by Crippen LogP contribution is -2.42. The third-order valence-electron chi connectivity index (χ3n) is 5.16. The Hall–Kier alpha value is -2.43. The van der Waals surface area contributed by atoms with Crippen LogP contribution in [0.1, 0.15) is 37.5 Å². The van der Waals surface area contributed by atoms with Crippen molar-refractivity contribution in [2.24, 2.45) is 11.1 Å². The number of carbonyl (C=O) groups excluding carboxylic acids is 1. The first kappa shape index (κ1) is 18.9. The van der Waals surface area contributed by atoms with Gasteiger partial charge in [0, 0.05) is 38.6 Å². The lowest BCUT2D eigenvalue weighted by atomic mass is 9.69. The maximum atomic E-state index is 13.3. The Morgan fingerprint density at radius 3 is 2.82 bits per heavy atom. The van der Waals surface area contributed by atoms with E-state index in [9.17, 15) is 10.1 Å². The van der Waals surface area contributed by atoms with Gasteiger partial charge in [-0.3, -0.25) is 14.7 Å². The van der Waals surface area contributed by atoms with Crippen LogP contribution in [0.4, 0.5) is 5.69 Å². The van der Waals surface area contributed by atoms with Gasteiger partial charge in [-0.25, -0.2) is 0 Å². The number of Topliss-reactive ketones (excluding diaryl/α,β-unsaturated/α-hetero) is 1. The Kier molecular flexibility index (Phi) is 4.64. The van der Waals surface area contributed by atoms with Gasteiger partial charge < -0.3 is 5.73 Å². The summed E-state index contributed by atoms with van der Waals surface area (Å²) in [4.78, 5) is 20.3. The van der Waals surface area contributed by atoms with E-state index >= 15 is 0 Å². The first-order chi connectivity index (χ1) is 13.3. The van der Waals surface area contributed by atoms with E-state index in [0.717, 1.165) is 20.7 Å². The molecule has 2 aromatic rings. The Bertz CT molecular complexity index is 1060. The fraction of sp³-hybridized carbons (Fsp3) is 0.286. The molecule has 2 N–H and O–H groups in total. The molecule has 0 amide bonds. The molecule has 0 aromatic carbocycles. The summed E-state index contributed by atoms with van der Waals surface area (Å²) in [7, 11) is 0. The molecule has 1 aliphatic heterocycles. The highest BCUT2D eigenvalue weighted by Gasteiger charge is 2.45. The van der Waals surface area contributed by atoms with E-state index in [-0.39, 0.29) is 11.2 Å². The van der Waals surface area contributed by atoms with E-state index in [1.807, 2.05) is 28.5 Å². The van der Waals surface area contributed by atoms with Crippen LogP contribution in [-0.4, -0.2) is 10.8 Å². The molecule has 2 aromatic heterocycles. The number of carbonyl (C=O) groups is 1. The Balaban J connectivity index is 2.00. The number of aromatic nitrogens is 1. The summed E-state index contributed by atoms with van der Waals surface area (Å²) in [5.74, 6) is 0.0250. The van der Waals surface area contributed by atoms with Crippen LogP contribution >= 0.6 is 27.3 Å². The number of hydrogen-bond donors (Lipinski definition) is 1. The topological polar surface area (TPSA) is 83.0 Å². The van der Waals surface area contributed by atoms with E-state index in [1.54, 1.807) is 12.4 Å². The zero-order valence-corrected chi connectivity index (χ0v) is 18.0. The average molecular weight is 455 g/mol. The molecular weight excluding hydrogens is 436 g/mol. The molecule has 3 heterocycles. The fourth-order valence-electron chi connectivity index (χ4n) is 4.05. The molecule has 1 unspecified atom stereocenters. The number of ketones is 1. The van der Waals surface area contributed by atoms with Gasteiger partial charge in [0.2, 0.25) is 0 Å². The summed E-state index contributed by atoms with van der Waals surface area (Å²) in [5, 5.41) is 11.9. The van der Waals surface area contributed by atoms with Crippen molar-refractivity contribution in [2.75, 3.05) is 4.90 Å². The minimum absolute atomic E-state index is 0.0786. The molecule has 0 fully saturated rings. The van der Waals surface area contributed by atoms with Gasteiger partial charge in [-0.1, -0.05) is 13.8 Å². The molecule has 7 heteroatoms. The second-order valence-corrected chi connectivity index (χ2v) is 9.72. The van der Waals surface area contributed by atoms with Crippen LogP contribution in [0, 0.1) is 16.7 Å². The minimum atomic E-state index is -0.423. The van der Waals surface area contributed by atoms with Crippen molar-refractivity contribution >= 4 is 38.7 Å². The monoisotopic (exact) mass is 454 g/mol. The number of anilines is 1. The van der Waals surface area contributed by atoms with Crippen LogP contribution in [0.15, 0.2) is 63.1 Å². The van der Waals surface area contributed by atoms with Crippen molar-refractivity contribution in [3.05, 3.63) is 68.0 Å². The van der Waals surface area contributed by atoms with E-state index in [4.69, 9.17) is 5.73 Å². The summed E-state index contributed by atoms with van der Waals surface area (Å²) in [6.45, 7) is 4.18. The third-order valence-corrected chi connectivity index (χ3v) is 6.92. The van der Waals surface area contributed by atoms with E-state index in [2.05, 4.69) is 40.8 Å². The van der Waals surface area contributed by atoms with E-state index < -0.39 is 5.92 Å². The van der Waals surface area contributed by atoms with Crippen LogP contribution in [0.25, 0.3) is 0 Å². The maximum absolute atomic E-state index is 13.3. The number of nitrogens with zero attached hydrogens (tertiary/aromatic N) is 3. The van der Waals surface area contributed by atoms with Gasteiger partial charge in [0.15, 0.2) is 5.78 Å². The fourth-order valence-corrected chi connectivity index (χ4v) is 5.62. The highest BCUT2D eigenvalue weighted by atomic mass is 79.9. The van der Waals surface area contributed by atoms with Crippen molar-refractivity contribution in [3.63, 3.8) is 0 Å². The summed E-state index contributed by atoms with van der Waals surface area (Å²) in [6.07, 6.45) is 4.55. The molecule has 0 saturated carbocycles. The largest absolute Gasteiger partial charge is 0.384 e. The molecule has 1 atom stereocenters. The van der Waals surface area contributed by atoms with Gasteiger partial charge in [-0.05, 0) is 46.0 Å². The Morgan fingerprint density at radius 1 is 1.43 bits per heavy atom. The molecule has 142 valence electrons. The lowest BCUT2D eigenvalue weighted by Gasteiger charge is -2.43. The number of hydrogen-bond acceptors (Lipinski definition) is 6. The van der Waals surface area contributed by atoms with Crippen LogP contribution in [0.5, 0.6) is 0 Å². The Labute approximate surface area is 176 Å². The summed E-state index contributed by atoms with van der Waals surface area (Å²) >= 11 is 5.01. The first-order valence-electron chi connectivity index (χ1n) is 8.92. The molecule has 0 saturated heterocycles. The number of pyridine rings is 1. The van der Waals surface area contributed by atoms with Crippen molar-refractivity contribution in [2.45, 2.75) is 32.6 Å². The SMILES string of the molecule is CC1(C)CC(=O)C2=C(C1)N(c1cccnc1)C(N)=C(C#N)C2c1cc(Br)cs1. The molecule has 0 bridgehead atoms. The van der Waals surface area contributed by atoms with E-state index in [0.29, 0.717) is 29.8 Å². The smallest absolute Gasteiger partial charge is 0.162 e. The highest BCUT2D eigenvalue weighted by molar-refractivity contribution is 9.10. The Morgan fingerprint density at radius 2 is 2.21 bits per heavy atom. The van der Waals surface area contributed by atoms with Gasteiger partial charge in [0.05, 0.1) is 29.4 Å². The number of allylic oxidation sites excluding steroid dienone is 3. The molecule has 28 heavy (non-hydrogen) atoms. The predicted molar refractivity (Wildman–Crippen MR) is 113 cm³/mol. The predicted octanol–water partition coefficient (Wildman–Crippen LogP) is 4.85. The molecule has 4 rings (SSSR count). The minimum Gasteiger partial charge on any atom is -0.384 e. The third kappa shape index (κ3) is 3.07. The highest BCUT2D eigenvalue weighted by Crippen LogP contribution is 2.51. The van der Waals surface area contributed by atoms with Crippen LogP contribution in [-0.2, 0) is 4.79 Å². The number of halogens is 1. The van der Waals surface area contributed by atoms with E-state index in [1.165, 1.54) is 11.3 Å². The molecular formula is C21H19BrN4OS. The summed E-state index contributed by atoms with van der Waals surface area (Å²) in [6, 6.07) is 7.98. The maximum Gasteiger partial charge on any atom is 0.162 e. The van der Waals surface area contributed by atoms with Crippen molar-refractivity contribution < 1.29 is 4.79 Å². The van der Waals surface area contributed by atoms with Crippen molar-refractivity contribution in [1.82, 2.24) is 4.98 Å². The number of nitriles is 1. The van der Waals surface area contributed by atoms with Gasteiger partial charge >= 0.3 is 0 Å². The molecule has 2 aliphatic rings. The van der Waals surface area contributed by atoms with Gasteiger partial charge in [-0.15, -0.1) is 11.3 Å². The van der Waals surface area contributed by atoms with Crippen molar-refractivity contribution in [3.8, 4) is 6.07 Å². The van der Waals surface area contributed by atoms with Crippen molar-refractivity contribution in [1.29, 1.82) is 5.26 Å². The standard InChI is InChI=1S/C21H19BrN4OS/c1-21(2)7-15-19(16(27)8-21)18(17-6-12(22)11-28-17)14(9-23)20(24)26(15)13-4-3-5-25-10-13/h3-6,10-11,18H,7-8,24H2,1-2H3. The quantitative estimate of drug-likeness (QED) is 0.700. The summed E-state index contributed by atoms with van der Waals surface area (Å²) in [5.41, 5.74) is 9.09. The second-order valence-electron chi connectivity index (χ2n) is 7.86. The first-order valence-corrected chi connectivity index (χ1v) is 10.6. The molecule has 5 nitrogen and oxygen atoms in total. The van der Waals surface area contributed by atoms with Gasteiger partial charge in [-0.2, -0.15) is 5.26 Å². The molecule has 0 spiro atoms. The number of rotatable bonds is 2.